The van der Waals surface area contributed by atoms with Crippen LogP contribution in [0.3, 0.4) is 0 Å². The molecule has 8 heteroatoms. The highest BCUT2D eigenvalue weighted by Gasteiger charge is 2.08. The average molecular weight is 464 g/mol. The molecule has 0 bridgehead atoms. The molecule has 0 saturated heterocycles. The molecule has 0 aliphatic carbocycles. The molecular formula is C25H22ClN3O4. The quantitative estimate of drug-likeness (QED) is 0.194. The number of rotatable bonds is 10. The molecule has 168 valence electrons. The number of aromatic nitrogens is 2. The Morgan fingerprint density at radius 3 is 2.48 bits per heavy atom. The van der Waals surface area contributed by atoms with E-state index in [0.717, 1.165) is 22.5 Å². The van der Waals surface area contributed by atoms with Crippen molar-refractivity contribution in [3.63, 3.8) is 0 Å². The number of benzene rings is 2. The van der Waals surface area contributed by atoms with Crippen LogP contribution in [0, 0.1) is 0 Å². The van der Waals surface area contributed by atoms with Gasteiger partial charge in [-0.15, -0.1) is 0 Å². The first-order valence-electron chi connectivity index (χ1n) is 10.4. The fraction of sp³-hybridized carbons (Fsp3) is 0.160. The molecule has 2 heterocycles. The van der Waals surface area contributed by atoms with E-state index in [1.54, 1.807) is 10.5 Å². The molecule has 2 aromatic heterocycles. The van der Waals surface area contributed by atoms with Gasteiger partial charge in [0.15, 0.2) is 0 Å². The maximum Gasteiger partial charge on any atom is 0.303 e. The van der Waals surface area contributed by atoms with Crippen molar-refractivity contribution >= 4 is 28.9 Å². The van der Waals surface area contributed by atoms with Gasteiger partial charge in [0.2, 0.25) is 0 Å². The Labute approximate surface area is 195 Å². The predicted octanol–water partition coefficient (Wildman–Crippen LogP) is 5.35. The maximum atomic E-state index is 10.9. The number of ether oxygens (including phenoxy) is 1. The molecule has 4 rings (SSSR count). The Bertz CT molecular complexity index is 1250. The van der Waals surface area contributed by atoms with Gasteiger partial charge in [0, 0.05) is 12.6 Å². The van der Waals surface area contributed by atoms with E-state index < -0.39 is 5.97 Å². The number of hydrogen-bond acceptors (Lipinski definition) is 5. The van der Waals surface area contributed by atoms with Gasteiger partial charge in [0.05, 0.1) is 17.8 Å². The van der Waals surface area contributed by atoms with Gasteiger partial charge in [0.1, 0.15) is 29.8 Å². The summed E-state index contributed by atoms with van der Waals surface area (Å²) in [7, 11) is 0. The number of oxime groups is 1. The van der Waals surface area contributed by atoms with Crippen LogP contribution in [-0.4, -0.2) is 26.2 Å². The Morgan fingerprint density at radius 1 is 0.970 bits per heavy atom. The van der Waals surface area contributed by atoms with Crippen molar-refractivity contribution in [3.8, 4) is 5.75 Å². The lowest BCUT2D eigenvalue weighted by atomic mass is 10.1. The fourth-order valence-electron chi connectivity index (χ4n) is 3.22. The van der Waals surface area contributed by atoms with E-state index in [0.29, 0.717) is 29.6 Å². The van der Waals surface area contributed by atoms with Crippen LogP contribution in [0.2, 0.25) is 5.15 Å². The van der Waals surface area contributed by atoms with Crippen molar-refractivity contribution in [2.24, 2.45) is 5.16 Å². The molecule has 0 spiro atoms. The minimum Gasteiger partial charge on any atom is -0.487 e. The predicted molar refractivity (Wildman–Crippen MR) is 126 cm³/mol. The minimum absolute atomic E-state index is 0.0123. The largest absolute Gasteiger partial charge is 0.487 e. The number of carboxylic acid groups (broad SMARTS) is 1. The van der Waals surface area contributed by atoms with Crippen LogP contribution in [0.25, 0.3) is 5.65 Å². The number of fused-ring (bicyclic) bond motifs is 1. The third kappa shape index (κ3) is 6.11. The molecule has 0 aliphatic rings. The lowest BCUT2D eigenvalue weighted by molar-refractivity contribution is -0.136. The van der Waals surface area contributed by atoms with Gasteiger partial charge >= 0.3 is 5.97 Å². The Kier molecular flexibility index (Phi) is 7.22. The molecule has 0 fully saturated rings. The molecule has 1 N–H and O–H groups in total. The van der Waals surface area contributed by atoms with E-state index >= 15 is 0 Å². The summed E-state index contributed by atoms with van der Waals surface area (Å²) in [5.41, 5.74) is 3.91. The summed E-state index contributed by atoms with van der Waals surface area (Å²) in [5.74, 6) is -0.169. The average Bonchev–Trinajstić information content (AvgIpc) is 3.26. The third-order valence-electron chi connectivity index (χ3n) is 4.89. The molecule has 0 radical (unpaired) electrons. The van der Waals surface area contributed by atoms with E-state index in [9.17, 15) is 4.79 Å². The minimum atomic E-state index is -0.874. The zero-order valence-corrected chi connectivity index (χ0v) is 18.5. The maximum absolute atomic E-state index is 10.9. The van der Waals surface area contributed by atoms with Crippen molar-refractivity contribution in [2.45, 2.75) is 26.1 Å². The second kappa shape index (κ2) is 10.7. The summed E-state index contributed by atoms with van der Waals surface area (Å²) in [6.45, 7) is 0.580. The van der Waals surface area contributed by atoms with Crippen molar-refractivity contribution < 1.29 is 19.5 Å². The van der Waals surface area contributed by atoms with Crippen molar-refractivity contribution in [2.75, 3.05) is 0 Å². The van der Waals surface area contributed by atoms with Crippen LogP contribution in [-0.2, 0) is 22.8 Å². The summed E-state index contributed by atoms with van der Waals surface area (Å²) in [5, 5.41) is 13.8. The SMILES string of the molecule is O=C(O)CCC(=NOCc1ccc(OCc2cn3c(Cl)cccc3n2)cc1)c1ccccc1. The van der Waals surface area contributed by atoms with Crippen LogP contribution in [0.1, 0.15) is 29.7 Å². The summed E-state index contributed by atoms with van der Waals surface area (Å²) in [6, 6.07) is 22.5. The summed E-state index contributed by atoms with van der Waals surface area (Å²) in [6.07, 6.45) is 2.13. The molecule has 0 saturated carbocycles. The van der Waals surface area contributed by atoms with Crippen LogP contribution >= 0.6 is 11.6 Å². The van der Waals surface area contributed by atoms with E-state index in [1.165, 1.54) is 0 Å². The standard InChI is InChI=1S/C25H22ClN3O4/c26-23-7-4-8-24-27-20(15-29(23)24)17-32-21-11-9-18(10-12-21)16-33-28-22(13-14-25(30)31)19-5-2-1-3-6-19/h1-12,15H,13-14,16-17H2,(H,30,31). The number of imidazole rings is 1. The first kappa shape index (κ1) is 22.4. The lowest BCUT2D eigenvalue weighted by Crippen LogP contribution is -2.06. The molecule has 0 atom stereocenters. The summed E-state index contributed by atoms with van der Waals surface area (Å²) >= 11 is 6.17. The Morgan fingerprint density at radius 2 is 1.76 bits per heavy atom. The molecule has 0 amide bonds. The normalized spacial score (nSPS) is 11.5. The van der Waals surface area contributed by atoms with E-state index in [-0.39, 0.29) is 13.0 Å². The molecular weight excluding hydrogens is 442 g/mol. The van der Waals surface area contributed by atoms with E-state index in [1.807, 2.05) is 72.9 Å². The molecule has 0 unspecified atom stereocenters. The molecule has 33 heavy (non-hydrogen) atoms. The molecule has 7 nitrogen and oxygen atoms in total. The number of aliphatic carboxylic acids is 1. The van der Waals surface area contributed by atoms with Crippen LogP contribution in [0.15, 0.2) is 84.1 Å². The highest BCUT2D eigenvalue weighted by Crippen LogP contribution is 2.17. The van der Waals surface area contributed by atoms with E-state index in [4.69, 9.17) is 26.3 Å². The molecule has 4 aromatic rings. The highest BCUT2D eigenvalue weighted by atomic mass is 35.5. The topological polar surface area (TPSA) is 85.4 Å². The first-order chi connectivity index (χ1) is 16.1. The Balaban J connectivity index is 1.33. The summed E-state index contributed by atoms with van der Waals surface area (Å²) < 4.78 is 7.64. The van der Waals surface area contributed by atoms with Gasteiger partial charge < -0.3 is 14.7 Å². The van der Waals surface area contributed by atoms with Gasteiger partial charge in [-0.1, -0.05) is 65.3 Å². The number of hydrogen-bond donors (Lipinski definition) is 1. The number of carboxylic acids is 1. The zero-order chi connectivity index (χ0) is 23.0. The number of carbonyl (C=O) groups is 1. The van der Waals surface area contributed by atoms with Crippen molar-refractivity contribution in [1.29, 1.82) is 0 Å². The molecule has 2 aromatic carbocycles. The second-order valence-corrected chi connectivity index (χ2v) is 7.70. The smallest absolute Gasteiger partial charge is 0.303 e. The highest BCUT2D eigenvalue weighted by molar-refractivity contribution is 6.29. The number of halogens is 1. The van der Waals surface area contributed by atoms with Crippen molar-refractivity contribution in [3.05, 3.63) is 101 Å². The lowest BCUT2D eigenvalue weighted by Gasteiger charge is -2.07. The summed E-state index contributed by atoms with van der Waals surface area (Å²) in [4.78, 5) is 21.0. The van der Waals surface area contributed by atoms with Crippen LogP contribution in [0.5, 0.6) is 5.75 Å². The third-order valence-corrected chi connectivity index (χ3v) is 5.20. The van der Waals surface area contributed by atoms with Gasteiger partial charge in [-0.25, -0.2) is 4.98 Å². The Hall–Kier alpha value is -3.84. The number of nitrogens with zero attached hydrogens (tertiary/aromatic N) is 3. The van der Waals surface area contributed by atoms with E-state index in [2.05, 4.69) is 10.1 Å². The van der Waals surface area contributed by atoms with Gasteiger partial charge in [-0.05, 0) is 35.4 Å². The fourth-order valence-corrected chi connectivity index (χ4v) is 3.43. The monoisotopic (exact) mass is 463 g/mol. The van der Waals surface area contributed by atoms with Gasteiger partial charge in [-0.2, -0.15) is 0 Å². The van der Waals surface area contributed by atoms with Gasteiger partial charge in [0.25, 0.3) is 0 Å². The van der Waals surface area contributed by atoms with Crippen molar-refractivity contribution in [1.82, 2.24) is 9.38 Å². The zero-order valence-electron chi connectivity index (χ0n) is 17.7. The first-order valence-corrected chi connectivity index (χ1v) is 10.8. The molecule has 0 aliphatic heterocycles. The number of pyridine rings is 1. The second-order valence-electron chi connectivity index (χ2n) is 7.31. The van der Waals surface area contributed by atoms with Crippen LogP contribution in [0.4, 0.5) is 0 Å². The van der Waals surface area contributed by atoms with Crippen LogP contribution < -0.4 is 4.74 Å². The van der Waals surface area contributed by atoms with Gasteiger partial charge in [-0.3, -0.25) is 9.20 Å².